The molecule has 0 heterocycles. The maximum absolute atomic E-state index is 5.72. The zero-order chi connectivity index (χ0) is 11.5. The standard InChI is InChI=1S/C13H19BrN2/c1-9-2-5-11(6-3-9)16-13-7-4-10(15)8-12(13)14/h4,7-9,11,16H,2-3,5-6,15H2,1H3/t9-,11-. The van der Waals surface area contributed by atoms with Crippen LogP contribution in [0.2, 0.25) is 0 Å². The SMILES string of the molecule is C[C@H]1CC[C@H](Nc2ccc(N)cc2Br)CC1. The Balaban J connectivity index is 1.98. The molecule has 1 aromatic carbocycles. The summed E-state index contributed by atoms with van der Waals surface area (Å²) in [5, 5.41) is 3.59. The molecule has 3 N–H and O–H groups in total. The van der Waals surface area contributed by atoms with E-state index in [1.54, 1.807) is 0 Å². The molecule has 1 aliphatic carbocycles. The number of halogens is 1. The van der Waals surface area contributed by atoms with Crippen molar-refractivity contribution < 1.29 is 0 Å². The number of nitrogens with two attached hydrogens (primary N) is 1. The molecule has 2 nitrogen and oxygen atoms in total. The summed E-state index contributed by atoms with van der Waals surface area (Å²) in [6.45, 7) is 2.34. The molecule has 1 aromatic rings. The van der Waals surface area contributed by atoms with Gasteiger partial charge >= 0.3 is 0 Å². The van der Waals surface area contributed by atoms with E-state index in [0.717, 1.165) is 21.8 Å². The summed E-state index contributed by atoms with van der Waals surface area (Å²) in [5.74, 6) is 0.896. The summed E-state index contributed by atoms with van der Waals surface area (Å²) < 4.78 is 1.06. The topological polar surface area (TPSA) is 38.0 Å². The van der Waals surface area contributed by atoms with Gasteiger partial charge < -0.3 is 11.1 Å². The summed E-state index contributed by atoms with van der Waals surface area (Å²) >= 11 is 3.54. The van der Waals surface area contributed by atoms with Gasteiger partial charge in [-0.3, -0.25) is 0 Å². The predicted molar refractivity (Wildman–Crippen MR) is 73.6 cm³/mol. The van der Waals surface area contributed by atoms with Crippen molar-refractivity contribution in [3.63, 3.8) is 0 Å². The molecule has 0 aromatic heterocycles. The van der Waals surface area contributed by atoms with Gasteiger partial charge in [-0.2, -0.15) is 0 Å². The van der Waals surface area contributed by atoms with Gasteiger partial charge in [0.2, 0.25) is 0 Å². The highest BCUT2D eigenvalue weighted by molar-refractivity contribution is 9.10. The van der Waals surface area contributed by atoms with Crippen LogP contribution in [0, 0.1) is 5.92 Å². The van der Waals surface area contributed by atoms with Gasteiger partial charge in [0.15, 0.2) is 0 Å². The lowest BCUT2D eigenvalue weighted by Gasteiger charge is -2.28. The van der Waals surface area contributed by atoms with E-state index >= 15 is 0 Å². The van der Waals surface area contributed by atoms with E-state index < -0.39 is 0 Å². The van der Waals surface area contributed by atoms with E-state index in [0.29, 0.717) is 6.04 Å². The van der Waals surface area contributed by atoms with Crippen LogP contribution in [0.25, 0.3) is 0 Å². The number of hydrogen-bond acceptors (Lipinski definition) is 2. The Hall–Kier alpha value is -0.700. The fourth-order valence-corrected chi connectivity index (χ4v) is 2.78. The molecular weight excluding hydrogens is 264 g/mol. The minimum atomic E-state index is 0.621. The third-order valence-corrected chi connectivity index (χ3v) is 4.02. The molecule has 0 amide bonds. The van der Waals surface area contributed by atoms with Gasteiger partial charge in [-0.1, -0.05) is 6.92 Å². The second-order valence-electron chi connectivity index (χ2n) is 4.84. The number of rotatable bonds is 2. The van der Waals surface area contributed by atoms with Crippen LogP contribution < -0.4 is 11.1 Å². The fourth-order valence-electron chi connectivity index (χ4n) is 2.27. The number of nitrogens with one attached hydrogen (secondary N) is 1. The fraction of sp³-hybridized carbons (Fsp3) is 0.538. The molecule has 16 heavy (non-hydrogen) atoms. The van der Waals surface area contributed by atoms with Gasteiger partial charge in [0, 0.05) is 21.9 Å². The van der Waals surface area contributed by atoms with E-state index in [-0.39, 0.29) is 0 Å². The van der Waals surface area contributed by atoms with Crippen molar-refractivity contribution in [3.8, 4) is 0 Å². The second-order valence-corrected chi connectivity index (χ2v) is 5.69. The van der Waals surface area contributed by atoms with E-state index in [4.69, 9.17) is 5.73 Å². The highest BCUT2D eigenvalue weighted by atomic mass is 79.9. The molecule has 0 radical (unpaired) electrons. The molecule has 0 bridgehead atoms. The molecule has 0 unspecified atom stereocenters. The van der Waals surface area contributed by atoms with Crippen LogP contribution in [0.5, 0.6) is 0 Å². The largest absolute Gasteiger partial charge is 0.399 e. The van der Waals surface area contributed by atoms with Crippen molar-refractivity contribution >= 4 is 27.3 Å². The Morgan fingerprint density at radius 2 is 1.94 bits per heavy atom. The minimum Gasteiger partial charge on any atom is -0.399 e. The molecule has 88 valence electrons. The first-order valence-corrected chi connectivity index (χ1v) is 6.76. The van der Waals surface area contributed by atoms with Crippen LogP contribution in [-0.2, 0) is 0 Å². The number of hydrogen-bond donors (Lipinski definition) is 2. The van der Waals surface area contributed by atoms with Crippen molar-refractivity contribution in [1.82, 2.24) is 0 Å². The van der Waals surface area contributed by atoms with Crippen molar-refractivity contribution in [3.05, 3.63) is 22.7 Å². The Kier molecular flexibility index (Phi) is 3.74. The highest BCUT2D eigenvalue weighted by Gasteiger charge is 2.18. The van der Waals surface area contributed by atoms with Crippen molar-refractivity contribution in [2.24, 2.45) is 5.92 Å². The molecule has 1 aliphatic rings. The van der Waals surface area contributed by atoms with Gasteiger partial charge in [0.05, 0.1) is 0 Å². The smallest absolute Gasteiger partial charge is 0.0488 e. The van der Waals surface area contributed by atoms with Crippen LogP contribution in [0.15, 0.2) is 22.7 Å². The van der Waals surface area contributed by atoms with E-state index in [2.05, 4.69) is 34.2 Å². The predicted octanol–water partition coefficient (Wildman–Crippen LogP) is 4.02. The Morgan fingerprint density at radius 1 is 1.25 bits per heavy atom. The van der Waals surface area contributed by atoms with Crippen molar-refractivity contribution in [1.29, 1.82) is 0 Å². The Labute approximate surface area is 106 Å². The van der Waals surface area contributed by atoms with Crippen LogP contribution >= 0.6 is 15.9 Å². The highest BCUT2D eigenvalue weighted by Crippen LogP contribution is 2.30. The van der Waals surface area contributed by atoms with E-state index in [9.17, 15) is 0 Å². The molecule has 0 saturated heterocycles. The monoisotopic (exact) mass is 282 g/mol. The summed E-state index contributed by atoms with van der Waals surface area (Å²) in [4.78, 5) is 0. The average Bonchev–Trinajstić information content (AvgIpc) is 2.25. The zero-order valence-electron chi connectivity index (χ0n) is 9.67. The normalized spacial score (nSPS) is 25.4. The number of anilines is 2. The van der Waals surface area contributed by atoms with Crippen LogP contribution in [0.1, 0.15) is 32.6 Å². The third kappa shape index (κ3) is 2.91. The summed E-state index contributed by atoms with van der Waals surface area (Å²) in [7, 11) is 0. The van der Waals surface area contributed by atoms with Gasteiger partial charge in [0.25, 0.3) is 0 Å². The molecule has 0 spiro atoms. The third-order valence-electron chi connectivity index (χ3n) is 3.37. The first kappa shape index (κ1) is 11.8. The Bertz CT molecular complexity index is 357. The van der Waals surface area contributed by atoms with Gasteiger partial charge in [-0.15, -0.1) is 0 Å². The van der Waals surface area contributed by atoms with Gasteiger partial charge in [-0.25, -0.2) is 0 Å². The maximum atomic E-state index is 5.72. The first-order chi connectivity index (χ1) is 7.65. The van der Waals surface area contributed by atoms with Gasteiger partial charge in [-0.05, 0) is 65.7 Å². The molecule has 0 atom stereocenters. The molecule has 2 rings (SSSR count). The zero-order valence-corrected chi connectivity index (χ0v) is 11.3. The quantitative estimate of drug-likeness (QED) is 0.804. The van der Waals surface area contributed by atoms with E-state index in [1.165, 1.54) is 25.7 Å². The molecule has 0 aliphatic heterocycles. The lowest BCUT2D eigenvalue weighted by molar-refractivity contribution is 0.361. The van der Waals surface area contributed by atoms with Crippen molar-refractivity contribution in [2.45, 2.75) is 38.6 Å². The average molecular weight is 283 g/mol. The molecular formula is C13H19BrN2. The summed E-state index contributed by atoms with van der Waals surface area (Å²) in [5.41, 5.74) is 7.68. The van der Waals surface area contributed by atoms with Crippen LogP contribution in [0.3, 0.4) is 0 Å². The first-order valence-electron chi connectivity index (χ1n) is 5.96. The number of benzene rings is 1. The maximum Gasteiger partial charge on any atom is 0.0488 e. The van der Waals surface area contributed by atoms with Crippen LogP contribution in [0.4, 0.5) is 11.4 Å². The van der Waals surface area contributed by atoms with Crippen molar-refractivity contribution in [2.75, 3.05) is 11.1 Å². The van der Waals surface area contributed by atoms with Crippen LogP contribution in [-0.4, -0.2) is 6.04 Å². The molecule has 1 fully saturated rings. The minimum absolute atomic E-state index is 0.621. The lowest BCUT2D eigenvalue weighted by atomic mass is 9.87. The van der Waals surface area contributed by atoms with Gasteiger partial charge in [0.1, 0.15) is 0 Å². The lowest BCUT2D eigenvalue weighted by Crippen LogP contribution is -2.25. The second kappa shape index (κ2) is 5.09. The Morgan fingerprint density at radius 3 is 2.56 bits per heavy atom. The summed E-state index contributed by atoms with van der Waals surface area (Å²) in [6.07, 6.45) is 5.23. The summed E-state index contributed by atoms with van der Waals surface area (Å²) in [6, 6.07) is 6.57. The molecule has 3 heteroatoms. The number of nitrogen functional groups attached to an aromatic ring is 1. The molecule has 1 saturated carbocycles. The van der Waals surface area contributed by atoms with E-state index in [1.807, 2.05) is 12.1 Å².